The third kappa shape index (κ3) is 3.33. The maximum atomic E-state index is 5.22. The van der Waals surface area contributed by atoms with Crippen LogP contribution in [0.25, 0.3) is 0 Å². The molecule has 2 aromatic rings. The highest BCUT2D eigenvalue weighted by Crippen LogP contribution is 2.35. The highest BCUT2D eigenvalue weighted by Gasteiger charge is 2.19. The van der Waals surface area contributed by atoms with E-state index in [1.54, 1.807) is 0 Å². The van der Waals surface area contributed by atoms with Crippen molar-refractivity contribution in [3.8, 4) is 0 Å². The molecule has 0 fully saturated rings. The van der Waals surface area contributed by atoms with Gasteiger partial charge in [-0.05, 0) is 57.0 Å². The minimum absolute atomic E-state index is 0.507. The van der Waals surface area contributed by atoms with E-state index >= 15 is 0 Å². The predicted molar refractivity (Wildman–Crippen MR) is 86.8 cm³/mol. The molecule has 2 heterocycles. The molecule has 1 aliphatic heterocycles. The summed E-state index contributed by atoms with van der Waals surface area (Å²) in [7, 11) is 0. The third-order valence-corrected chi connectivity index (χ3v) is 5.26. The number of benzene rings is 1. The zero-order valence-corrected chi connectivity index (χ0v) is 13.5. The number of fused-ring (bicyclic) bond motifs is 1. The molecule has 4 heteroatoms. The van der Waals surface area contributed by atoms with Gasteiger partial charge in [-0.25, -0.2) is 0 Å². The Morgan fingerprint density at radius 1 is 1.33 bits per heavy atom. The number of hydrogen-bond donors (Lipinski definition) is 1. The van der Waals surface area contributed by atoms with Gasteiger partial charge in [0.2, 0.25) is 0 Å². The zero-order chi connectivity index (χ0) is 14.7. The van der Waals surface area contributed by atoms with Gasteiger partial charge in [0, 0.05) is 16.5 Å². The highest BCUT2D eigenvalue weighted by molar-refractivity contribution is 7.99. The molecule has 0 saturated heterocycles. The molecular weight excluding hydrogens is 280 g/mol. The Bertz CT molecular complexity index is 589. The van der Waals surface area contributed by atoms with Gasteiger partial charge in [0.1, 0.15) is 5.76 Å². The molecule has 0 spiro atoms. The van der Waals surface area contributed by atoms with Crippen LogP contribution < -0.4 is 5.32 Å². The normalized spacial score (nSPS) is 17.7. The zero-order valence-electron chi connectivity index (χ0n) is 12.7. The molecule has 0 unspecified atom stereocenters. The van der Waals surface area contributed by atoms with Gasteiger partial charge in [-0.3, -0.25) is 0 Å². The smallest absolute Gasteiger partial charge is 0.137 e. The molecule has 0 amide bonds. The summed E-state index contributed by atoms with van der Waals surface area (Å²) in [5.41, 5.74) is 3.77. The average Bonchev–Trinajstić information content (AvgIpc) is 2.83. The first-order valence-electron chi connectivity index (χ1n) is 7.62. The molecule has 21 heavy (non-hydrogen) atoms. The summed E-state index contributed by atoms with van der Waals surface area (Å²) < 4.78 is 5.22. The molecule has 112 valence electrons. The Morgan fingerprint density at radius 2 is 2.19 bits per heavy atom. The predicted octanol–water partition coefficient (Wildman–Crippen LogP) is 4.05. The summed E-state index contributed by atoms with van der Waals surface area (Å²) >= 11 is 1.97. The summed E-state index contributed by atoms with van der Waals surface area (Å²) in [5, 5.41) is 7.73. The summed E-state index contributed by atoms with van der Waals surface area (Å²) in [6.07, 6.45) is 3.37. The number of rotatable bonds is 5. The van der Waals surface area contributed by atoms with E-state index in [2.05, 4.69) is 34.7 Å². The molecule has 1 atom stereocenters. The maximum absolute atomic E-state index is 5.22. The van der Waals surface area contributed by atoms with Crippen molar-refractivity contribution in [1.82, 2.24) is 10.5 Å². The fraction of sp³-hybridized carbons (Fsp3) is 0.471. The van der Waals surface area contributed by atoms with E-state index in [4.69, 9.17) is 4.52 Å². The Kier molecular flexibility index (Phi) is 4.66. The van der Waals surface area contributed by atoms with Crippen molar-refractivity contribution < 1.29 is 4.52 Å². The summed E-state index contributed by atoms with van der Waals surface area (Å²) in [6.45, 7) is 5.05. The fourth-order valence-electron chi connectivity index (χ4n) is 2.95. The van der Waals surface area contributed by atoms with E-state index in [1.165, 1.54) is 28.2 Å². The molecule has 0 saturated carbocycles. The van der Waals surface area contributed by atoms with Crippen LogP contribution in [0, 0.1) is 13.8 Å². The summed E-state index contributed by atoms with van der Waals surface area (Å²) in [5.74, 6) is 2.17. The van der Waals surface area contributed by atoms with Gasteiger partial charge < -0.3 is 9.84 Å². The summed E-state index contributed by atoms with van der Waals surface area (Å²) in [4.78, 5) is 1.44. The van der Waals surface area contributed by atoms with Crippen molar-refractivity contribution in [2.45, 2.75) is 44.0 Å². The molecule has 0 aliphatic carbocycles. The molecule has 1 aromatic carbocycles. The molecule has 1 aliphatic rings. The Labute approximate surface area is 130 Å². The van der Waals surface area contributed by atoms with Gasteiger partial charge in [0.25, 0.3) is 0 Å². The third-order valence-electron chi connectivity index (χ3n) is 4.13. The van der Waals surface area contributed by atoms with E-state index in [1.807, 2.05) is 25.6 Å². The maximum Gasteiger partial charge on any atom is 0.137 e. The second-order valence-corrected chi connectivity index (χ2v) is 6.72. The van der Waals surface area contributed by atoms with Crippen molar-refractivity contribution in [2.24, 2.45) is 0 Å². The second kappa shape index (κ2) is 6.67. The molecule has 0 radical (unpaired) electrons. The molecule has 3 nitrogen and oxygen atoms in total. The minimum Gasteiger partial charge on any atom is -0.361 e. The molecule has 3 rings (SSSR count). The average molecular weight is 302 g/mol. The molecule has 1 aromatic heterocycles. The lowest BCUT2D eigenvalue weighted by molar-refractivity contribution is 0.392. The number of hydrogen-bond acceptors (Lipinski definition) is 4. The van der Waals surface area contributed by atoms with Crippen LogP contribution in [0.15, 0.2) is 33.7 Å². The molecule has 0 bridgehead atoms. The van der Waals surface area contributed by atoms with Crippen molar-refractivity contribution in [1.29, 1.82) is 0 Å². The van der Waals surface area contributed by atoms with E-state index < -0.39 is 0 Å². The van der Waals surface area contributed by atoms with Crippen LogP contribution in [0.4, 0.5) is 0 Å². The monoisotopic (exact) mass is 302 g/mol. The van der Waals surface area contributed by atoms with Gasteiger partial charge in [-0.1, -0.05) is 23.4 Å². The first-order valence-corrected chi connectivity index (χ1v) is 8.61. The number of thioether (sulfide) groups is 1. The Balaban J connectivity index is 1.53. The van der Waals surface area contributed by atoms with Gasteiger partial charge in [0.05, 0.1) is 5.69 Å². The molecule has 1 N–H and O–H groups in total. The van der Waals surface area contributed by atoms with E-state index in [0.717, 1.165) is 30.8 Å². The lowest BCUT2D eigenvalue weighted by atomic mass is 10.0. The van der Waals surface area contributed by atoms with Crippen molar-refractivity contribution in [3.05, 3.63) is 46.8 Å². The summed E-state index contributed by atoms with van der Waals surface area (Å²) in [6, 6.07) is 9.27. The Hall–Kier alpha value is -1.26. The lowest BCUT2D eigenvalue weighted by Gasteiger charge is -2.26. The van der Waals surface area contributed by atoms with Gasteiger partial charge in [-0.2, -0.15) is 0 Å². The quantitative estimate of drug-likeness (QED) is 0.846. The van der Waals surface area contributed by atoms with Crippen LogP contribution in [-0.2, 0) is 6.42 Å². The van der Waals surface area contributed by atoms with E-state index in [-0.39, 0.29) is 0 Å². The largest absolute Gasteiger partial charge is 0.361 e. The number of nitrogens with one attached hydrogen (secondary N) is 1. The minimum atomic E-state index is 0.507. The van der Waals surface area contributed by atoms with Crippen LogP contribution >= 0.6 is 11.8 Å². The van der Waals surface area contributed by atoms with Crippen molar-refractivity contribution >= 4 is 11.8 Å². The number of aromatic nitrogens is 1. The van der Waals surface area contributed by atoms with Crippen LogP contribution in [0.2, 0.25) is 0 Å². The van der Waals surface area contributed by atoms with Crippen molar-refractivity contribution in [2.75, 3.05) is 12.3 Å². The van der Waals surface area contributed by atoms with E-state index in [9.17, 15) is 0 Å². The van der Waals surface area contributed by atoms with Gasteiger partial charge in [-0.15, -0.1) is 11.8 Å². The number of nitrogens with zero attached hydrogens (tertiary/aromatic N) is 1. The Morgan fingerprint density at radius 3 is 3.00 bits per heavy atom. The van der Waals surface area contributed by atoms with Crippen LogP contribution in [-0.4, -0.2) is 17.5 Å². The van der Waals surface area contributed by atoms with Crippen LogP contribution in [0.3, 0.4) is 0 Å². The highest BCUT2D eigenvalue weighted by atomic mass is 32.2. The first-order chi connectivity index (χ1) is 10.3. The van der Waals surface area contributed by atoms with Gasteiger partial charge in [0.15, 0.2) is 0 Å². The topological polar surface area (TPSA) is 38.1 Å². The SMILES string of the molecule is Cc1noc(C)c1CCCN[C@@H]1CCSc2ccccc21. The van der Waals surface area contributed by atoms with Crippen molar-refractivity contribution in [3.63, 3.8) is 0 Å². The van der Waals surface area contributed by atoms with Crippen LogP contribution in [0.5, 0.6) is 0 Å². The first kappa shape index (κ1) is 14.7. The van der Waals surface area contributed by atoms with Gasteiger partial charge >= 0.3 is 0 Å². The second-order valence-electron chi connectivity index (χ2n) is 5.59. The van der Waals surface area contributed by atoms with Crippen LogP contribution in [0.1, 0.15) is 41.5 Å². The standard InChI is InChI=1S/C17H22N2OS/c1-12-14(13(2)20-19-12)7-5-10-18-16-9-11-21-17-8-4-3-6-15(16)17/h3-4,6,8,16,18H,5,7,9-11H2,1-2H3/t16-/m1/s1. The number of aryl methyl sites for hydroxylation is 2. The molecular formula is C17H22N2OS. The van der Waals surface area contributed by atoms with E-state index in [0.29, 0.717) is 6.04 Å². The fourth-order valence-corrected chi connectivity index (χ4v) is 4.08. The lowest BCUT2D eigenvalue weighted by Crippen LogP contribution is -2.25.